The Balaban J connectivity index is 2.19. The van der Waals surface area contributed by atoms with Crippen molar-refractivity contribution >= 4 is 40.9 Å². The molecule has 0 fully saturated rings. The summed E-state index contributed by atoms with van der Waals surface area (Å²) in [4.78, 5) is 0. The average Bonchev–Trinajstić information content (AvgIpc) is 1.41. The zero-order valence-corrected chi connectivity index (χ0v) is 7.00. The Labute approximate surface area is 51.5 Å². The number of rotatable bonds is 2. The Morgan fingerprint density at radius 1 is 1.80 bits per heavy atom. The molecule has 0 saturated carbocycles. The molecule has 5 heavy (non-hydrogen) atoms. The summed E-state index contributed by atoms with van der Waals surface area (Å²) in [5, 5.41) is 2.43. The fourth-order valence-electron chi connectivity index (χ4n) is 0.0373. The van der Waals surface area contributed by atoms with Crippen LogP contribution in [0, 0.1) is 0 Å². The molecule has 0 amide bonds. The maximum atomic E-state index is 4.04. The van der Waals surface area contributed by atoms with Gasteiger partial charge in [-0.1, -0.05) is 0 Å². The number of hydrogen-bond donors (Lipinski definition) is 1. The molecule has 0 saturated heterocycles. The molecule has 0 aliphatic heterocycles. The molecular formula is C2H5SSe2-. The van der Waals surface area contributed by atoms with Crippen LogP contribution in [0.4, 0.5) is 0 Å². The van der Waals surface area contributed by atoms with Crippen LogP contribution >= 0.6 is 11.0 Å². The molecule has 0 N–H and O–H groups in total. The third kappa shape index (κ3) is 5.39. The second-order valence-electron chi connectivity index (χ2n) is 0.537. The van der Waals surface area contributed by atoms with Crippen LogP contribution in [-0.2, 0) is 0 Å². The topological polar surface area (TPSA) is 0 Å². The number of hydrogen-bond acceptors (Lipinski definition) is 1. The van der Waals surface area contributed by atoms with Crippen LogP contribution in [0.15, 0.2) is 0 Å². The molecule has 0 atom stereocenters. The van der Waals surface area contributed by atoms with Gasteiger partial charge in [0.1, 0.15) is 0 Å². The van der Waals surface area contributed by atoms with Crippen molar-refractivity contribution in [3.05, 3.63) is 0 Å². The van der Waals surface area contributed by atoms with Crippen molar-refractivity contribution in [1.82, 2.24) is 0 Å². The first-order valence-electron chi connectivity index (χ1n) is 1.26. The van der Waals surface area contributed by atoms with Gasteiger partial charge in [-0.05, 0) is 0 Å². The van der Waals surface area contributed by atoms with Crippen molar-refractivity contribution in [2.24, 2.45) is 0 Å². The first-order valence-corrected chi connectivity index (χ1v) is 6.35. The monoisotopic (exact) mass is 221 g/mol. The molecule has 0 spiro atoms. The third-order valence-electron chi connectivity index (χ3n) is 0.175. The Morgan fingerprint density at radius 3 is 2.40 bits per heavy atom. The molecule has 32 valence electrons. The van der Waals surface area contributed by atoms with Gasteiger partial charge in [-0.25, -0.2) is 0 Å². The van der Waals surface area contributed by atoms with Gasteiger partial charge in [-0.15, -0.1) is 0 Å². The zero-order valence-electron chi connectivity index (χ0n) is 2.68. The molecular weight excluding hydrogens is 214 g/mol. The predicted octanol–water partition coefficient (Wildman–Crippen LogP) is 0.540. The molecule has 0 aromatic heterocycles. The Bertz CT molecular complexity index is 15.1. The predicted molar refractivity (Wildman–Crippen MR) is 30.1 cm³/mol. The van der Waals surface area contributed by atoms with Gasteiger partial charge < -0.3 is 0 Å². The third-order valence-corrected chi connectivity index (χ3v) is 3.67. The van der Waals surface area contributed by atoms with E-state index in [1.165, 1.54) is 10.6 Å². The Kier molecular flexibility index (Phi) is 6.89. The minimum absolute atomic E-state index is 0.589. The van der Waals surface area contributed by atoms with Crippen LogP contribution in [0.3, 0.4) is 0 Å². The van der Waals surface area contributed by atoms with E-state index in [4.69, 9.17) is 0 Å². The van der Waals surface area contributed by atoms with Crippen LogP contribution in [0.5, 0.6) is 0 Å². The van der Waals surface area contributed by atoms with E-state index in [2.05, 4.69) is 27.1 Å². The van der Waals surface area contributed by atoms with Crippen LogP contribution in [-0.4, -0.2) is 29.8 Å². The second-order valence-corrected chi connectivity index (χ2v) is 4.13. The van der Waals surface area contributed by atoms with E-state index in [0.29, 0.717) is 13.8 Å². The van der Waals surface area contributed by atoms with Crippen molar-refractivity contribution in [2.75, 3.05) is 0 Å². The van der Waals surface area contributed by atoms with E-state index in [0.717, 1.165) is 0 Å². The van der Waals surface area contributed by atoms with E-state index >= 15 is 0 Å². The van der Waals surface area contributed by atoms with E-state index in [1.54, 1.807) is 0 Å². The average molecular weight is 219 g/mol. The Hall–Kier alpha value is 1.39. The van der Waals surface area contributed by atoms with Crippen molar-refractivity contribution in [3.63, 3.8) is 0 Å². The molecule has 0 nitrogen and oxygen atoms in total. The molecule has 0 aromatic carbocycles. The minimum atomic E-state index is 0.589. The second kappa shape index (κ2) is 5.39. The summed E-state index contributed by atoms with van der Waals surface area (Å²) in [5.41, 5.74) is 0. The molecule has 0 aliphatic rings. The number of thiol groups is 1. The van der Waals surface area contributed by atoms with Crippen molar-refractivity contribution < 1.29 is 0 Å². The first kappa shape index (κ1) is 6.39. The summed E-state index contributed by atoms with van der Waals surface area (Å²) < 4.78 is 0. The molecule has 0 unspecified atom stereocenters. The SMILES string of the molecule is S[Se]CC[Se-]. The molecule has 0 radical (unpaired) electrons. The Morgan fingerprint density at radius 2 is 2.40 bits per heavy atom. The molecule has 3 heteroatoms. The molecule has 0 aliphatic carbocycles. The van der Waals surface area contributed by atoms with Gasteiger partial charge in [0.2, 0.25) is 0 Å². The van der Waals surface area contributed by atoms with Crippen molar-refractivity contribution in [3.8, 4) is 0 Å². The quantitative estimate of drug-likeness (QED) is 0.508. The van der Waals surface area contributed by atoms with Gasteiger partial charge in [-0.2, -0.15) is 0 Å². The van der Waals surface area contributed by atoms with Crippen molar-refractivity contribution in [1.29, 1.82) is 0 Å². The fraction of sp³-hybridized carbons (Fsp3) is 1.00. The van der Waals surface area contributed by atoms with Crippen LogP contribution in [0.25, 0.3) is 0 Å². The van der Waals surface area contributed by atoms with Crippen LogP contribution in [0.2, 0.25) is 10.6 Å². The van der Waals surface area contributed by atoms with Crippen LogP contribution in [0.1, 0.15) is 0 Å². The van der Waals surface area contributed by atoms with E-state index in [-0.39, 0.29) is 0 Å². The summed E-state index contributed by atoms with van der Waals surface area (Å²) in [6.07, 6.45) is 0. The van der Waals surface area contributed by atoms with Gasteiger partial charge in [0.25, 0.3) is 0 Å². The summed E-state index contributed by atoms with van der Waals surface area (Å²) in [5.74, 6) is 0. The zero-order chi connectivity index (χ0) is 4.12. The molecule has 0 bridgehead atoms. The van der Waals surface area contributed by atoms with Gasteiger partial charge in [-0.3, -0.25) is 0 Å². The summed E-state index contributed by atoms with van der Waals surface area (Å²) >= 11 is 7.54. The maximum absolute atomic E-state index is 4.04. The summed E-state index contributed by atoms with van der Waals surface area (Å²) in [7, 11) is 0. The van der Waals surface area contributed by atoms with E-state index < -0.39 is 0 Å². The molecule has 0 aromatic rings. The summed E-state index contributed by atoms with van der Waals surface area (Å²) in [6.45, 7) is 0. The standard InChI is InChI=1S/C2H6SSe2/c3-5-2-1-4/h3-4H,1-2H2/p-1. The van der Waals surface area contributed by atoms with Crippen molar-refractivity contribution in [2.45, 2.75) is 10.6 Å². The van der Waals surface area contributed by atoms with Gasteiger partial charge >= 0.3 is 51.5 Å². The summed E-state index contributed by atoms with van der Waals surface area (Å²) in [6, 6.07) is 0. The normalized spacial score (nSPS) is 8.40. The van der Waals surface area contributed by atoms with E-state index in [9.17, 15) is 0 Å². The first-order chi connectivity index (χ1) is 2.41. The van der Waals surface area contributed by atoms with Gasteiger partial charge in [0.15, 0.2) is 0 Å². The fourth-order valence-corrected chi connectivity index (χ4v) is 3.02. The van der Waals surface area contributed by atoms with E-state index in [1.807, 2.05) is 0 Å². The molecule has 0 heterocycles. The van der Waals surface area contributed by atoms with Crippen LogP contribution < -0.4 is 0 Å². The molecule has 0 rings (SSSR count). The van der Waals surface area contributed by atoms with Gasteiger partial charge in [0.05, 0.1) is 0 Å². The van der Waals surface area contributed by atoms with Gasteiger partial charge in [0, 0.05) is 0 Å².